The highest BCUT2D eigenvalue weighted by Gasteiger charge is 2.04. The van der Waals surface area contributed by atoms with Gasteiger partial charge in [0, 0.05) is 0 Å². The minimum atomic E-state index is -0.0491. The molecule has 78 valence electrons. The molecule has 1 aromatic rings. The highest BCUT2D eigenvalue weighted by molar-refractivity contribution is 5.42. The van der Waals surface area contributed by atoms with Gasteiger partial charge in [-0.15, -0.1) is 0 Å². The van der Waals surface area contributed by atoms with E-state index in [4.69, 9.17) is 19.7 Å². The number of benzene rings is 1. The maximum absolute atomic E-state index is 8.91. The van der Waals surface area contributed by atoms with Crippen molar-refractivity contribution in [3.63, 3.8) is 0 Å². The van der Waals surface area contributed by atoms with Gasteiger partial charge >= 0.3 is 0 Å². The lowest BCUT2D eigenvalue weighted by molar-refractivity contribution is 0.196. The van der Waals surface area contributed by atoms with E-state index in [9.17, 15) is 0 Å². The zero-order valence-electron chi connectivity index (χ0n) is 8.06. The Morgan fingerprint density at radius 1 is 1.21 bits per heavy atom. The summed E-state index contributed by atoms with van der Waals surface area (Å²) in [5.41, 5.74) is 0.749. The van der Waals surface area contributed by atoms with Crippen molar-refractivity contribution in [3.8, 4) is 11.5 Å². The third kappa shape index (κ3) is 2.61. The summed E-state index contributed by atoms with van der Waals surface area (Å²) in [6.07, 6.45) is 0. The van der Waals surface area contributed by atoms with Crippen LogP contribution in [-0.2, 0) is 6.61 Å². The van der Waals surface area contributed by atoms with E-state index < -0.39 is 0 Å². The van der Waals surface area contributed by atoms with Gasteiger partial charge in [0.25, 0.3) is 0 Å². The molecule has 0 bridgehead atoms. The van der Waals surface area contributed by atoms with Crippen LogP contribution in [0.4, 0.5) is 0 Å². The molecule has 0 atom stereocenters. The summed E-state index contributed by atoms with van der Waals surface area (Å²) in [6.45, 7) is 0.122. The highest BCUT2D eigenvalue weighted by atomic mass is 16.5. The average molecular weight is 198 g/mol. The van der Waals surface area contributed by atoms with E-state index in [0.717, 1.165) is 5.56 Å². The van der Waals surface area contributed by atoms with E-state index in [2.05, 4.69) is 0 Å². The van der Waals surface area contributed by atoms with Crippen molar-refractivity contribution in [2.24, 2.45) is 0 Å². The van der Waals surface area contributed by atoms with Gasteiger partial charge in [-0.2, -0.15) is 0 Å². The molecule has 0 radical (unpaired) electrons. The molecular weight excluding hydrogens is 184 g/mol. The van der Waals surface area contributed by atoms with Crippen molar-refractivity contribution in [2.75, 3.05) is 20.3 Å². The minimum Gasteiger partial charge on any atom is -0.493 e. The summed E-state index contributed by atoms with van der Waals surface area (Å²) in [7, 11) is 1.54. The number of aliphatic hydroxyl groups excluding tert-OH is 2. The molecule has 0 aromatic heterocycles. The topological polar surface area (TPSA) is 58.9 Å². The van der Waals surface area contributed by atoms with Gasteiger partial charge in [0.1, 0.15) is 6.61 Å². The SMILES string of the molecule is COc1ccc(CO)cc1OCCO. The van der Waals surface area contributed by atoms with Crippen molar-refractivity contribution >= 4 is 0 Å². The molecule has 0 aliphatic carbocycles. The van der Waals surface area contributed by atoms with Crippen molar-refractivity contribution in [3.05, 3.63) is 23.8 Å². The Balaban J connectivity index is 2.84. The van der Waals surface area contributed by atoms with Gasteiger partial charge < -0.3 is 19.7 Å². The van der Waals surface area contributed by atoms with E-state index in [1.54, 1.807) is 25.3 Å². The summed E-state index contributed by atoms with van der Waals surface area (Å²) < 4.78 is 10.3. The summed E-state index contributed by atoms with van der Waals surface area (Å²) >= 11 is 0. The lowest BCUT2D eigenvalue weighted by Gasteiger charge is -2.10. The first kappa shape index (κ1) is 10.8. The summed E-state index contributed by atoms with van der Waals surface area (Å²) in [5, 5.41) is 17.5. The molecule has 1 aromatic carbocycles. The maximum atomic E-state index is 8.91. The maximum Gasteiger partial charge on any atom is 0.161 e. The molecule has 0 spiro atoms. The van der Waals surface area contributed by atoms with E-state index >= 15 is 0 Å². The third-order valence-electron chi connectivity index (χ3n) is 1.76. The molecule has 0 aliphatic rings. The molecule has 0 fully saturated rings. The smallest absolute Gasteiger partial charge is 0.161 e. The van der Waals surface area contributed by atoms with E-state index in [1.807, 2.05) is 0 Å². The minimum absolute atomic E-state index is 0.0422. The van der Waals surface area contributed by atoms with Gasteiger partial charge in [0.05, 0.1) is 20.3 Å². The molecule has 0 aliphatic heterocycles. The number of rotatable bonds is 5. The monoisotopic (exact) mass is 198 g/mol. The molecular formula is C10H14O4. The average Bonchev–Trinajstić information content (AvgIpc) is 2.25. The molecule has 0 saturated carbocycles. The molecule has 0 amide bonds. The van der Waals surface area contributed by atoms with Crippen LogP contribution in [-0.4, -0.2) is 30.5 Å². The molecule has 14 heavy (non-hydrogen) atoms. The zero-order chi connectivity index (χ0) is 10.4. The van der Waals surface area contributed by atoms with Crippen LogP contribution in [0.15, 0.2) is 18.2 Å². The Kier molecular flexibility index (Phi) is 4.22. The fourth-order valence-electron chi connectivity index (χ4n) is 1.09. The molecule has 0 heterocycles. The second-order valence-corrected chi connectivity index (χ2v) is 2.72. The van der Waals surface area contributed by atoms with Crippen LogP contribution >= 0.6 is 0 Å². The summed E-state index contributed by atoms with van der Waals surface area (Å²) in [5.74, 6) is 1.13. The highest BCUT2D eigenvalue weighted by Crippen LogP contribution is 2.27. The predicted octanol–water partition coefficient (Wildman–Crippen LogP) is 0.559. The Bertz CT molecular complexity index is 285. The van der Waals surface area contributed by atoms with Crippen LogP contribution in [0.3, 0.4) is 0 Å². The predicted molar refractivity (Wildman–Crippen MR) is 51.5 cm³/mol. The fourth-order valence-corrected chi connectivity index (χ4v) is 1.09. The Morgan fingerprint density at radius 2 is 2.00 bits per heavy atom. The molecule has 0 unspecified atom stereocenters. The van der Waals surface area contributed by atoms with E-state index in [0.29, 0.717) is 11.5 Å². The second-order valence-electron chi connectivity index (χ2n) is 2.72. The van der Waals surface area contributed by atoms with Crippen LogP contribution in [0.5, 0.6) is 11.5 Å². The number of hydrogen-bond acceptors (Lipinski definition) is 4. The van der Waals surface area contributed by atoms with Crippen LogP contribution in [0, 0.1) is 0 Å². The summed E-state index contributed by atoms with van der Waals surface area (Å²) in [6, 6.07) is 5.16. The number of hydrogen-bond donors (Lipinski definition) is 2. The van der Waals surface area contributed by atoms with Crippen LogP contribution in [0.2, 0.25) is 0 Å². The van der Waals surface area contributed by atoms with Gasteiger partial charge in [0.15, 0.2) is 11.5 Å². The number of aliphatic hydroxyl groups is 2. The number of methoxy groups -OCH3 is 1. The third-order valence-corrected chi connectivity index (χ3v) is 1.76. The molecule has 0 saturated heterocycles. The van der Waals surface area contributed by atoms with Gasteiger partial charge in [0.2, 0.25) is 0 Å². The van der Waals surface area contributed by atoms with E-state index in [-0.39, 0.29) is 19.8 Å². The quantitative estimate of drug-likeness (QED) is 0.725. The first-order valence-corrected chi connectivity index (χ1v) is 4.33. The molecule has 1 rings (SSSR count). The van der Waals surface area contributed by atoms with Crippen molar-refractivity contribution in [1.82, 2.24) is 0 Å². The summed E-state index contributed by atoms with van der Waals surface area (Å²) in [4.78, 5) is 0. The van der Waals surface area contributed by atoms with Crippen LogP contribution in [0.1, 0.15) is 5.56 Å². The Labute approximate surface area is 82.7 Å². The Morgan fingerprint density at radius 3 is 2.57 bits per heavy atom. The van der Waals surface area contributed by atoms with Gasteiger partial charge in [-0.1, -0.05) is 6.07 Å². The largest absolute Gasteiger partial charge is 0.493 e. The lowest BCUT2D eigenvalue weighted by atomic mass is 10.2. The zero-order valence-corrected chi connectivity index (χ0v) is 8.06. The fraction of sp³-hybridized carbons (Fsp3) is 0.400. The first-order chi connectivity index (χ1) is 6.81. The lowest BCUT2D eigenvalue weighted by Crippen LogP contribution is -2.03. The number of ether oxygens (including phenoxy) is 2. The molecule has 4 nitrogen and oxygen atoms in total. The molecule has 2 N–H and O–H groups in total. The normalized spacial score (nSPS) is 9.93. The first-order valence-electron chi connectivity index (χ1n) is 4.33. The van der Waals surface area contributed by atoms with Crippen LogP contribution < -0.4 is 9.47 Å². The Hall–Kier alpha value is -1.26. The van der Waals surface area contributed by atoms with Gasteiger partial charge in [-0.05, 0) is 17.7 Å². The van der Waals surface area contributed by atoms with E-state index in [1.165, 1.54) is 0 Å². The van der Waals surface area contributed by atoms with Crippen molar-refractivity contribution in [1.29, 1.82) is 0 Å². The second kappa shape index (κ2) is 5.47. The van der Waals surface area contributed by atoms with Crippen molar-refractivity contribution in [2.45, 2.75) is 6.61 Å². The standard InChI is InChI=1S/C10H14O4/c1-13-9-3-2-8(7-12)6-10(9)14-5-4-11/h2-3,6,11-12H,4-5,7H2,1H3. The van der Waals surface area contributed by atoms with Crippen molar-refractivity contribution < 1.29 is 19.7 Å². The van der Waals surface area contributed by atoms with Crippen LogP contribution in [0.25, 0.3) is 0 Å². The van der Waals surface area contributed by atoms with Gasteiger partial charge in [-0.3, -0.25) is 0 Å². The van der Waals surface area contributed by atoms with Gasteiger partial charge in [-0.25, -0.2) is 0 Å². The molecule has 4 heteroatoms.